The molecular weight excluding hydrogens is 212 g/mol. The molecule has 0 bridgehead atoms. The minimum Gasteiger partial charge on any atom is -0.280 e. The topological polar surface area (TPSA) is 46.0 Å². The van der Waals surface area contributed by atoms with E-state index in [-0.39, 0.29) is 0 Å². The van der Waals surface area contributed by atoms with Crippen LogP contribution in [-0.4, -0.2) is 19.6 Å². The zero-order valence-electron chi connectivity index (χ0n) is 7.68. The van der Waals surface area contributed by atoms with Crippen molar-refractivity contribution >= 4 is 17.4 Å². The molecule has 4 nitrogen and oxygen atoms in total. The summed E-state index contributed by atoms with van der Waals surface area (Å²) in [5.74, 6) is 0.582. The molecular formula is C10H7ClN4. The van der Waals surface area contributed by atoms with E-state index in [2.05, 4.69) is 15.1 Å². The van der Waals surface area contributed by atoms with E-state index >= 15 is 0 Å². The number of halogens is 1. The molecule has 1 N–H and O–H groups in total. The van der Waals surface area contributed by atoms with E-state index in [1.165, 1.54) is 0 Å². The third-order valence-corrected chi connectivity index (χ3v) is 2.49. The molecule has 0 fully saturated rings. The van der Waals surface area contributed by atoms with Gasteiger partial charge in [-0.1, -0.05) is 41.9 Å². The van der Waals surface area contributed by atoms with Crippen LogP contribution in [-0.2, 0) is 0 Å². The van der Waals surface area contributed by atoms with Gasteiger partial charge in [-0.3, -0.25) is 5.10 Å². The summed E-state index contributed by atoms with van der Waals surface area (Å²) in [6.07, 6.45) is 1.59. The SMILES string of the molecule is Clc1nc2nc[nH]n2c1-c1ccccc1. The second-order valence-electron chi connectivity index (χ2n) is 3.14. The number of nitrogens with one attached hydrogen (secondary N) is 1. The molecule has 0 aliphatic carbocycles. The summed E-state index contributed by atoms with van der Waals surface area (Å²) < 4.78 is 1.76. The number of fused-ring (bicyclic) bond motifs is 1. The monoisotopic (exact) mass is 218 g/mol. The number of nitrogens with zero attached hydrogens (tertiary/aromatic N) is 3. The van der Waals surface area contributed by atoms with Crippen molar-refractivity contribution in [2.24, 2.45) is 0 Å². The Kier molecular flexibility index (Phi) is 1.76. The van der Waals surface area contributed by atoms with Crippen molar-refractivity contribution < 1.29 is 0 Å². The van der Waals surface area contributed by atoms with E-state index in [1.807, 2.05) is 30.3 Å². The third kappa shape index (κ3) is 1.22. The molecule has 15 heavy (non-hydrogen) atoms. The lowest BCUT2D eigenvalue weighted by Gasteiger charge is -1.98. The van der Waals surface area contributed by atoms with E-state index in [1.54, 1.807) is 10.8 Å². The molecule has 0 aliphatic rings. The number of benzene rings is 1. The Morgan fingerprint density at radius 3 is 2.80 bits per heavy atom. The van der Waals surface area contributed by atoms with Crippen LogP contribution in [0.4, 0.5) is 0 Å². The highest BCUT2D eigenvalue weighted by Gasteiger charge is 2.13. The Labute approximate surface area is 90.5 Å². The van der Waals surface area contributed by atoms with Crippen LogP contribution in [0.3, 0.4) is 0 Å². The fourth-order valence-corrected chi connectivity index (χ4v) is 1.85. The highest BCUT2D eigenvalue weighted by Crippen LogP contribution is 2.26. The van der Waals surface area contributed by atoms with Crippen LogP contribution in [0.5, 0.6) is 0 Å². The number of aromatic nitrogens is 4. The van der Waals surface area contributed by atoms with Crippen LogP contribution in [0, 0.1) is 0 Å². The summed E-state index contributed by atoms with van der Waals surface area (Å²) in [6, 6.07) is 9.85. The van der Waals surface area contributed by atoms with Gasteiger partial charge in [0.1, 0.15) is 12.0 Å². The van der Waals surface area contributed by atoms with Crippen LogP contribution in [0.15, 0.2) is 36.7 Å². The van der Waals surface area contributed by atoms with Crippen molar-refractivity contribution in [3.8, 4) is 11.3 Å². The average molecular weight is 219 g/mol. The van der Waals surface area contributed by atoms with Gasteiger partial charge >= 0.3 is 0 Å². The minimum absolute atomic E-state index is 0.459. The lowest BCUT2D eigenvalue weighted by atomic mass is 10.2. The predicted molar refractivity (Wildman–Crippen MR) is 57.8 cm³/mol. The summed E-state index contributed by atoms with van der Waals surface area (Å²) in [5.41, 5.74) is 1.85. The van der Waals surface area contributed by atoms with Crippen LogP contribution >= 0.6 is 11.6 Å². The van der Waals surface area contributed by atoms with Gasteiger partial charge in [-0.15, -0.1) is 0 Å². The lowest BCUT2D eigenvalue weighted by molar-refractivity contribution is 0.980. The molecule has 0 radical (unpaired) electrons. The van der Waals surface area contributed by atoms with Crippen LogP contribution in [0.1, 0.15) is 0 Å². The maximum absolute atomic E-state index is 6.05. The molecule has 3 aromatic rings. The van der Waals surface area contributed by atoms with E-state index < -0.39 is 0 Å². The fraction of sp³-hybridized carbons (Fsp3) is 0. The molecule has 5 heteroatoms. The highest BCUT2D eigenvalue weighted by molar-refractivity contribution is 6.32. The van der Waals surface area contributed by atoms with Crippen molar-refractivity contribution in [2.45, 2.75) is 0 Å². The molecule has 3 rings (SSSR count). The summed E-state index contributed by atoms with van der Waals surface area (Å²) in [7, 11) is 0. The third-order valence-electron chi connectivity index (χ3n) is 2.23. The van der Waals surface area contributed by atoms with Crippen LogP contribution < -0.4 is 0 Å². The van der Waals surface area contributed by atoms with Gasteiger partial charge in [0.15, 0.2) is 5.15 Å². The molecule has 0 saturated heterocycles. The summed E-state index contributed by atoms with van der Waals surface area (Å²) in [5, 5.41) is 3.42. The number of H-pyrrole nitrogens is 1. The van der Waals surface area contributed by atoms with E-state index in [4.69, 9.17) is 11.6 Å². The average Bonchev–Trinajstić information content (AvgIpc) is 2.78. The van der Waals surface area contributed by atoms with Gasteiger partial charge in [0.25, 0.3) is 5.78 Å². The molecule has 0 atom stereocenters. The number of hydrogen-bond acceptors (Lipinski definition) is 2. The summed E-state index contributed by atoms with van der Waals surface area (Å²) in [6.45, 7) is 0. The van der Waals surface area contributed by atoms with Gasteiger partial charge < -0.3 is 0 Å². The van der Waals surface area contributed by atoms with Crippen molar-refractivity contribution in [1.29, 1.82) is 0 Å². The Balaban J connectivity index is 2.34. The number of aromatic amines is 1. The van der Waals surface area contributed by atoms with Gasteiger partial charge in [-0.2, -0.15) is 4.98 Å². The lowest BCUT2D eigenvalue weighted by Crippen LogP contribution is -1.87. The second kappa shape index (κ2) is 3.10. The molecule has 0 aliphatic heterocycles. The number of hydrogen-bond donors (Lipinski definition) is 1. The van der Waals surface area contributed by atoms with E-state index in [0.717, 1.165) is 11.3 Å². The highest BCUT2D eigenvalue weighted by atomic mass is 35.5. The maximum Gasteiger partial charge on any atom is 0.252 e. The summed E-state index contributed by atoms with van der Waals surface area (Å²) >= 11 is 6.05. The molecule has 2 heterocycles. The first-order valence-corrected chi connectivity index (χ1v) is 4.87. The van der Waals surface area contributed by atoms with Crippen molar-refractivity contribution in [3.63, 3.8) is 0 Å². The molecule has 2 aromatic heterocycles. The standard InChI is InChI=1S/C10H7ClN4/c11-9-8(7-4-2-1-3-5-7)15-10(14-9)12-6-13-15/h1-6H,(H,12,13,14). The maximum atomic E-state index is 6.05. The molecule has 0 spiro atoms. The minimum atomic E-state index is 0.459. The Morgan fingerprint density at radius 2 is 2.00 bits per heavy atom. The van der Waals surface area contributed by atoms with Gasteiger partial charge in [-0.05, 0) is 0 Å². The van der Waals surface area contributed by atoms with Crippen molar-refractivity contribution in [1.82, 2.24) is 19.6 Å². The molecule has 0 unspecified atom stereocenters. The summed E-state index contributed by atoms with van der Waals surface area (Å²) in [4.78, 5) is 8.17. The molecule has 74 valence electrons. The fourth-order valence-electron chi connectivity index (χ4n) is 1.58. The first-order valence-electron chi connectivity index (χ1n) is 4.49. The van der Waals surface area contributed by atoms with E-state index in [9.17, 15) is 0 Å². The van der Waals surface area contributed by atoms with Crippen LogP contribution in [0.25, 0.3) is 17.0 Å². The molecule has 0 saturated carbocycles. The predicted octanol–water partition coefficient (Wildman–Crippen LogP) is 2.38. The molecule has 0 amide bonds. The van der Waals surface area contributed by atoms with Crippen LogP contribution in [0.2, 0.25) is 5.15 Å². The van der Waals surface area contributed by atoms with Crippen molar-refractivity contribution in [3.05, 3.63) is 41.8 Å². The van der Waals surface area contributed by atoms with Crippen molar-refractivity contribution in [2.75, 3.05) is 0 Å². The zero-order valence-corrected chi connectivity index (χ0v) is 8.44. The Morgan fingerprint density at radius 1 is 1.20 bits per heavy atom. The first kappa shape index (κ1) is 8.49. The second-order valence-corrected chi connectivity index (χ2v) is 3.50. The van der Waals surface area contributed by atoms with Gasteiger partial charge in [-0.25, -0.2) is 9.50 Å². The Bertz CT molecular complexity index is 596. The zero-order chi connectivity index (χ0) is 10.3. The molecule has 1 aromatic carbocycles. The largest absolute Gasteiger partial charge is 0.280 e. The number of imidazole rings is 1. The van der Waals surface area contributed by atoms with Gasteiger partial charge in [0, 0.05) is 5.56 Å². The quantitative estimate of drug-likeness (QED) is 0.682. The number of rotatable bonds is 1. The Hall–Kier alpha value is -1.81. The first-order chi connectivity index (χ1) is 7.36. The smallest absolute Gasteiger partial charge is 0.252 e. The van der Waals surface area contributed by atoms with Gasteiger partial charge in [0.2, 0.25) is 0 Å². The normalized spacial score (nSPS) is 11.0. The van der Waals surface area contributed by atoms with Gasteiger partial charge in [0.05, 0.1) is 0 Å². The van der Waals surface area contributed by atoms with E-state index in [0.29, 0.717) is 10.9 Å².